The molecule has 9 heteroatoms. The average Bonchev–Trinajstić information content (AvgIpc) is 3.11. The Hall–Kier alpha value is -2.00. The van der Waals surface area contributed by atoms with Crippen LogP contribution in [0.2, 0.25) is 5.02 Å². The number of methoxy groups -OCH3 is 1. The van der Waals surface area contributed by atoms with E-state index in [2.05, 4.69) is 14.7 Å². The molecule has 6 nitrogen and oxygen atoms in total. The Morgan fingerprint density at radius 1 is 1.27 bits per heavy atom. The van der Waals surface area contributed by atoms with Crippen molar-refractivity contribution in [3.8, 4) is 16.5 Å². The molecule has 26 heavy (non-hydrogen) atoms. The van der Waals surface area contributed by atoms with Crippen LogP contribution in [-0.4, -0.2) is 32.0 Å². The van der Waals surface area contributed by atoms with Crippen molar-refractivity contribution < 1.29 is 13.2 Å². The normalized spacial score (nSPS) is 11.5. The van der Waals surface area contributed by atoms with Gasteiger partial charge in [-0.2, -0.15) is 0 Å². The predicted molar refractivity (Wildman–Crippen MR) is 102 cm³/mol. The maximum Gasteiger partial charge on any atom is 0.244 e. The van der Waals surface area contributed by atoms with Gasteiger partial charge >= 0.3 is 0 Å². The third-order valence-electron chi connectivity index (χ3n) is 3.52. The summed E-state index contributed by atoms with van der Waals surface area (Å²) in [6.07, 6.45) is 2.17. The summed E-state index contributed by atoms with van der Waals surface area (Å²) < 4.78 is 32.7. The van der Waals surface area contributed by atoms with Crippen LogP contribution in [-0.2, 0) is 16.4 Å². The van der Waals surface area contributed by atoms with Gasteiger partial charge in [0.15, 0.2) is 0 Å². The zero-order valence-corrected chi connectivity index (χ0v) is 16.2. The highest BCUT2D eigenvalue weighted by atomic mass is 35.5. The molecule has 3 aromatic rings. The second-order valence-corrected chi connectivity index (χ2v) is 8.33. The Bertz CT molecular complexity index is 991. The van der Waals surface area contributed by atoms with E-state index in [4.69, 9.17) is 16.3 Å². The highest BCUT2D eigenvalue weighted by Gasteiger charge is 2.19. The zero-order valence-electron chi connectivity index (χ0n) is 13.8. The molecule has 0 spiro atoms. The van der Waals surface area contributed by atoms with Gasteiger partial charge in [-0.05, 0) is 30.3 Å². The van der Waals surface area contributed by atoms with Crippen molar-refractivity contribution in [3.63, 3.8) is 0 Å². The second-order valence-electron chi connectivity index (χ2n) is 5.30. The smallest absolute Gasteiger partial charge is 0.244 e. The first kappa shape index (κ1) is 18.8. The molecule has 1 aromatic carbocycles. The number of rotatable bonds is 7. The summed E-state index contributed by atoms with van der Waals surface area (Å²) in [7, 11) is -2.32. The molecule has 0 radical (unpaired) electrons. The van der Waals surface area contributed by atoms with Gasteiger partial charge in [-0.25, -0.2) is 18.1 Å². The van der Waals surface area contributed by atoms with Crippen LogP contribution in [0.5, 0.6) is 5.75 Å². The van der Waals surface area contributed by atoms with E-state index in [0.29, 0.717) is 11.4 Å². The molecule has 2 heterocycles. The van der Waals surface area contributed by atoms with E-state index in [1.165, 1.54) is 30.6 Å². The van der Waals surface area contributed by atoms with Crippen molar-refractivity contribution in [1.82, 2.24) is 14.7 Å². The van der Waals surface area contributed by atoms with Gasteiger partial charge in [0.05, 0.1) is 18.5 Å². The van der Waals surface area contributed by atoms with Gasteiger partial charge in [0, 0.05) is 29.6 Å². The number of nitrogens with one attached hydrogen (secondary N) is 1. The monoisotopic (exact) mass is 409 g/mol. The van der Waals surface area contributed by atoms with Crippen LogP contribution in [0.3, 0.4) is 0 Å². The lowest BCUT2D eigenvalue weighted by Gasteiger charge is -2.10. The molecule has 0 aliphatic carbocycles. The molecular weight excluding hydrogens is 394 g/mol. The Morgan fingerprint density at radius 2 is 2.12 bits per heavy atom. The third kappa shape index (κ3) is 4.39. The first-order valence-electron chi connectivity index (χ1n) is 7.68. The number of nitrogens with zero attached hydrogens (tertiary/aromatic N) is 2. The number of aromatic nitrogens is 2. The second kappa shape index (κ2) is 8.13. The van der Waals surface area contributed by atoms with Gasteiger partial charge in [0.25, 0.3) is 0 Å². The summed E-state index contributed by atoms with van der Waals surface area (Å²) >= 11 is 7.39. The predicted octanol–water partition coefficient (Wildman–Crippen LogP) is 3.39. The number of benzene rings is 1. The lowest BCUT2D eigenvalue weighted by Crippen LogP contribution is -2.26. The van der Waals surface area contributed by atoms with Crippen LogP contribution in [0.25, 0.3) is 10.7 Å². The van der Waals surface area contributed by atoms with E-state index >= 15 is 0 Å². The molecule has 2 aromatic heterocycles. The fourth-order valence-corrected chi connectivity index (χ4v) is 4.57. The van der Waals surface area contributed by atoms with Crippen LogP contribution in [0.1, 0.15) is 5.69 Å². The molecule has 1 N–H and O–H groups in total. The molecule has 0 atom stereocenters. The summed E-state index contributed by atoms with van der Waals surface area (Å²) in [6, 6.07) is 10.1. The summed E-state index contributed by atoms with van der Waals surface area (Å²) in [5, 5.41) is 3.03. The van der Waals surface area contributed by atoms with Gasteiger partial charge in [0.2, 0.25) is 10.0 Å². The standard InChI is InChI=1S/C17H16ClN3O3S2/c1-24-15-6-5-12(18)10-16(15)26(22,23)20-9-7-13-11-25-17(21-13)14-4-2-3-8-19-14/h2-6,8,10-11,20H,7,9H2,1H3. The Morgan fingerprint density at radius 3 is 2.85 bits per heavy atom. The Balaban J connectivity index is 1.66. The first-order valence-corrected chi connectivity index (χ1v) is 10.4. The van der Waals surface area contributed by atoms with E-state index in [1.54, 1.807) is 12.3 Å². The molecule has 0 bridgehead atoms. The quantitative estimate of drug-likeness (QED) is 0.646. The summed E-state index contributed by atoms with van der Waals surface area (Å²) in [5.74, 6) is 0.244. The zero-order chi connectivity index (χ0) is 18.6. The van der Waals surface area contributed by atoms with Crippen LogP contribution in [0, 0.1) is 0 Å². The average molecular weight is 410 g/mol. The largest absolute Gasteiger partial charge is 0.495 e. The van der Waals surface area contributed by atoms with Crippen LogP contribution in [0.4, 0.5) is 0 Å². The van der Waals surface area contributed by atoms with E-state index in [9.17, 15) is 8.42 Å². The summed E-state index contributed by atoms with van der Waals surface area (Å²) in [6.45, 7) is 0.212. The molecule has 0 amide bonds. The molecule has 0 aliphatic heterocycles. The Labute approximate surface area is 160 Å². The molecule has 0 fully saturated rings. The highest BCUT2D eigenvalue weighted by molar-refractivity contribution is 7.89. The van der Waals surface area contributed by atoms with Gasteiger partial charge in [-0.1, -0.05) is 17.7 Å². The maximum absolute atomic E-state index is 12.5. The van der Waals surface area contributed by atoms with Crippen LogP contribution >= 0.6 is 22.9 Å². The number of pyridine rings is 1. The molecule has 0 unspecified atom stereocenters. The summed E-state index contributed by atoms with van der Waals surface area (Å²) in [4.78, 5) is 8.77. The van der Waals surface area contributed by atoms with Crippen molar-refractivity contribution in [2.75, 3.05) is 13.7 Å². The topological polar surface area (TPSA) is 81.2 Å². The van der Waals surface area contributed by atoms with Crippen molar-refractivity contribution in [3.05, 3.63) is 58.7 Å². The molecule has 0 aliphatic rings. The van der Waals surface area contributed by atoms with E-state index in [-0.39, 0.29) is 17.2 Å². The molecule has 0 saturated carbocycles. The van der Waals surface area contributed by atoms with Gasteiger partial charge in [-0.15, -0.1) is 11.3 Å². The fraction of sp³-hybridized carbons (Fsp3) is 0.176. The lowest BCUT2D eigenvalue weighted by atomic mass is 10.3. The van der Waals surface area contributed by atoms with E-state index in [1.807, 2.05) is 23.6 Å². The molecular formula is C17H16ClN3O3S2. The van der Waals surface area contributed by atoms with Gasteiger partial charge < -0.3 is 4.74 Å². The number of hydrogen-bond acceptors (Lipinski definition) is 6. The number of thiazole rings is 1. The minimum Gasteiger partial charge on any atom is -0.495 e. The fourth-order valence-electron chi connectivity index (χ4n) is 2.28. The van der Waals surface area contributed by atoms with Crippen molar-refractivity contribution in [2.24, 2.45) is 0 Å². The van der Waals surface area contributed by atoms with Crippen LogP contribution < -0.4 is 9.46 Å². The third-order valence-corrected chi connectivity index (χ3v) is 6.16. The van der Waals surface area contributed by atoms with Crippen molar-refractivity contribution in [2.45, 2.75) is 11.3 Å². The molecule has 136 valence electrons. The number of hydrogen-bond donors (Lipinski definition) is 1. The van der Waals surface area contributed by atoms with Crippen molar-refractivity contribution in [1.29, 1.82) is 0 Å². The molecule has 3 rings (SSSR count). The highest BCUT2D eigenvalue weighted by Crippen LogP contribution is 2.27. The number of sulfonamides is 1. The Kier molecular flexibility index (Phi) is 5.87. The number of halogens is 1. The van der Waals surface area contributed by atoms with E-state index in [0.717, 1.165) is 16.4 Å². The summed E-state index contributed by atoms with van der Waals surface area (Å²) in [5.41, 5.74) is 1.60. The van der Waals surface area contributed by atoms with Crippen LogP contribution in [0.15, 0.2) is 52.9 Å². The first-order chi connectivity index (χ1) is 12.5. The number of ether oxygens (including phenoxy) is 1. The van der Waals surface area contributed by atoms with E-state index < -0.39 is 10.0 Å². The minimum absolute atomic E-state index is 0.0138. The minimum atomic E-state index is -3.74. The van der Waals surface area contributed by atoms with Gasteiger partial charge in [-0.3, -0.25) is 4.98 Å². The SMILES string of the molecule is COc1ccc(Cl)cc1S(=O)(=O)NCCc1csc(-c2ccccn2)n1. The lowest BCUT2D eigenvalue weighted by molar-refractivity contribution is 0.402. The maximum atomic E-state index is 12.5. The molecule has 0 saturated heterocycles. The van der Waals surface area contributed by atoms with Gasteiger partial charge in [0.1, 0.15) is 15.7 Å². The van der Waals surface area contributed by atoms with Crippen molar-refractivity contribution >= 4 is 33.0 Å².